The monoisotopic (exact) mass is 476 g/mol. The number of nitrogens with one attached hydrogen (secondary N) is 4. The summed E-state index contributed by atoms with van der Waals surface area (Å²) in [5.74, 6) is 1.76. The van der Waals surface area contributed by atoms with Crippen molar-refractivity contribution in [2.45, 2.75) is 37.8 Å². The molecule has 7 nitrogen and oxygen atoms in total. The van der Waals surface area contributed by atoms with Gasteiger partial charge in [0.25, 0.3) is 5.56 Å². The zero-order valence-corrected chi connectivity index (χ0v) is 20.0. The molecule has 2 atom stereocenters. The molecule has 7 rings (SSSR count). The van der Waals surface area contributed by atoms with E-state index in [0.29, 0.717) is 11.4 Å². The van der Waals surface area contributed by atoms with Crippen LogP contribution in [0, 0.1) is 0 Å². The van der Waals surface area contributed by atoms with Crippen LogP contribution in [-0.4, -0.2) is 33.0 Å². The van der Waals surface area contributed by atoms with Crippen molar-refractivity contribution in [1.29, 1.82) is 0 Å². The highest BCUT2D eigenvalue weighted by Crippen LogP contribution is 2.30. The van der Waals surface area contributed by atoms with Gasteiger partial charge in [-0.25, -0.2) is 9.97 Å². The van der Waals surface area contributed by atoms with E-state index >= 15 is 0 Å². The van der Waals surface area contributed by atoms with Crippen LogP contribution in [0.2, 0.25) is 0 Å². The van der Waals surface area contributed by atoms with Gasteiger partial charge in [-0.2, -0.15) is 0 Å². The molecule has 0 amide bonds. The van der Waals surface area contributed by atoms with Gasteiger partial charge in [0.15, 0.2) is 0 Å². The third-order valence-electron chi connectivity index (χ3n) is 7.59. The number of H-pyrrole nitrogens is 2. The van der Waals surface area contributed by atoms with Gasteiger partial charge in [0.1, 0.15) is 11.6 Å². The average Bonchev–Trinajstić information content (AvgIpc) is 3.70. The molecule has 2 fully saturated rings. The molecule has 2 aliphatic rings. The maximum Gasteiger partial charge on any atom is 0.258 e. The minimum absolute atomic E-state index is 0.0769. The molecular weight excluding hydrogens is 448 g/mol. The average molecular weight is 477 g/mol. The zero-order chi connectivity index (χ0) is 24.1. The number of fused-ring (bicyclic) bond motifs is 2. The van der Waals surface area contributed by atoms with Crippen molar-refractivity contribution in [3.63, 3.8) is 0 Å². The van der Waals surface area contributed by atoms with Gasteiger partial charge in [-0.1, -0.05) is 30.3 Å². The highest BCUT2D eigenvalue weighted by molar-refractivity contribution is 5.92. The van der Waals surface area contributed by atoms with Crippen molar-refractivity contribution < 1.29 is 0 Å². The van der Waals surface area contributed by atoms with Gasteiger partial charge in [-0.3, -0.25) is 4.79 Å². The molecule has 0 bridgehead atoms. The first-order valence-corrected chi connectivity index (χ1v) is 12.8. The Hall–Kier alpha value is -3.81. The van der Waals surface area contributed by atoms with Crippen LogP contribution in [0.5, 0.6) is 0 Å². The molecule has 4 N–H and O–H groups in total. The summed E-state index contributed by atoms with van der Waals surface area (Å²) in [7, 11) is 0. The predicted molar refractivity (Wildman–Crippen MR) is 143 cm³/mol. The molecule has 0 radical (unpaired) electrons. The van der Waals surface area contributed by atoms with Crippen LogP contribution in [0.3, 0.4) is 0 Å². The van der Waals surface area contributed by atoms with Gasteiger partial charge in [0, 0.05) is 5.56 Å². The summed E-state index contributed by atoms with van der Waals surface area (Å²) in [6.07, 6.45) is 6.36. The Morgan fingerprint density at radius 3 is 2.14 bits per heavy atom. The summed E-state index contributed by atoms with van der Waals surface area (Å²) >= 11 is 0. The van der Waals surface area contributed by atoms with Gasteiger partial charge in [0.2, 0.25) is 0 Å². The second-order valence-electron chi connectivity index (χ2n) is 9.94. The topological polar surface area (TPSA) is 98.5 Å². The SMILES string of the molecule is O=c1[nH]c([C@@H]2CCCN2)nc2cc(-c3ccc4cc(-c5cnc([C@@H]6CCCN6)[nH]5)ccc4c3)ccc12. The third-order valence-corrected chi connectivity index (χ3v) is 7.59. The van der Waals surface area contributed by atoms with E-state index in [9.17, 15) is 4.79 Å². The number of benzene rings is 3. The van der Waals surface area contributed by atoms with Crippen LogP contribution < -0.4 is 16.2 Å². The predicted octanol–water partition coefficient (Wildman–Crippen LogP) is 4.98. The van der Waals surface area contributed by atoms with E-state index in [4.69, 9.17) is 4.98 Å². The Balaban J connectivity index is 1.21. The second kappa shape index (κ2) is 8.69. The van der Waals surface area contributed by atoms with E-state index in [1.807, 2.05) is 24.4 Å². The van der Waals surface area contributed by atoms with Crippen LogP contribution in [-0.2, 0) is 0 Å². The van der Waals surface area contributed by atoms with Gasteiger partial charge < -0.3 is 20.6 Å². The molecule has 4 heterocycles. The van der Waals surface area contributed by atoms with Crippen molar-refractivity contribution >= 4 is 21.7 Å². The number of hydrogen-bond donors (Lipinski definition) is 4. The van der Waals surface area contributed by atoms with E-state index < -0.39 is 0 Å². The number of aromatic nitrogens is 4. The maximum absolute atomic E-state index is 12.7. The molecule has 5 aromatic rings. The molecule has 2 saturated heterocycles. The molecule has 0 saturated carbocycles. The summed E-state index contributed by atoms with van der Waals surface area (Å²) in [5.41, 5.74) is 5.00. The zero-order valence-electron chi connectivity index (χ0n) is 20.0. The van der Waals surface area contributed by atoms with Gasteiger partial charge in [-0.15, -0.1) is 0 Å². The lowest BCUT2D eigenvalue weighted by molar-refractivity contribution is 0.606. The first kappa shape index (κ1) is 21.5. The highest BCUT2D eigenvalue weighted by Gasteiger charge is 2.20. The van der Waals surface area contributed by atoms with E-state index in [1.165, 1.54) is 17.2 Å². The maximum atomic E-state index is 12.7. The molecule has 0 unspecified atom stereocenters. The van der Waals surface area contributed by atoms with Crippen molar-refractivity contribution in [2.75, 3.05) is 13.1 Å². The Kier molecular flexibility index (Phi) is 5.18. The van der Waals surface area contributed by atoms with Gasteiger partial charge in [-0.05, 0) is 84.9 Å². The minimum Gasteiger partial charge on any atom is -0.341 e. The van der Waals surface area contributed by atoms with Gasteiger partial charge in [0.05, 0.1) is 34.9 Å². The molecule has 0 aliphatic carbocycles. The standard InChI is InChI=1S/C29H28N6O/c36-29-22-10-9-20(15-25(22)33-28(35-29)24-4-2-12-31-24)18-5-6-19-14-21(8-7-17(19)13-18)26-16-32-27(34-26)23-3-1-11-30-23/h5-10,13-16,23-24,30-31H,1-4,11-12H2,(H,32,34)(H,33,35,36)/t23-,24-/m0/s1. The normalized spacial score (nSPS) is 20.0. The lowest BCUT2D eigenvalue weighted by Crippen LogP contribution is -2.20. The summed E-state index contributed by atoms with van der Waals surface area (Å²) in [6.45, 7) is 2.02. The van der Waals surface area contributed by atoms with Crippen molar-refractivity contribution in [2.24, 2.45) is 0 Å². The molecule has 0 spiro atoms. The third kappa shape index (κ3) is 3.81. The fourth-order valence-electron chi connectivity index (χ4n) is 5.59. The largest absolute Gasteiger partial charge is 0.341 e. The fourth-order valence-corrected chi connectivity index (χ4v) is 5.59. The fraction of sp³-hybridized carbons (Fsp3) is 0.276. The number of nitrogens with zero attached hydrogens (tertiary/aromatic N) is 2. The second-order valence-corrected chi connectivity index (χ2v) is 9.94. The number of hydrogen-bond acceptors (Lipinski definition) is 5. The molecule has 180 valence electrons. The number of imidazole rings is 1. The first-order valence-electron chi connectivity index (χ1n) is 12.8. The summed E-state index contributed by atoms with van der Waals surface area (Å²) < 4.78 is 0. The Morgan fingerprint density at radius 1 is 0.722 bits per heavy atom. The summed E-state index contributed by atoms with van der Waals surface area (Å²) in [6, 6.07) is 19.4. The highest BCUT2D eigenvalue weighted by atomic mass is 16.1. The molecular formula is C29H28N6O. The molecule has 2 aromatic heterocycles. The number of rotatable bonds is 4. The summed E-state index contributed by atoms with van der Waals surface area (Å²) in [4.78, 5) is 28.6. The smallest absolute Gasteiger partial charge is 0.258 e. The lowest BCUT2D eigenvalue weighted by atomic mass is 9.98. The molecule has 7 heteroatoms. The quantitative estimate of drug-likeness (QED) is 0.293. The van der Waals surface area contributed by atoms with Crippen LogP contribution in [0.4, 0.5) is 0 Å². The minimum atomic E-state index is -0.0769. The van der Waals surface area contributed by atoms with Crippen LogP contribution >= 0.6 is 0 Å². The Labute approximate surface area is 208 Å². The van der Waals surface area contributed by atoms with Crippen LogP contribution in [0.1, 0.15) is 49.4 Å². The molecule has 36 heavy (non-hydrogen) atoms. The van der Waals surface area contributed by atoms with Crippen molar-refractivity contribution in [3.8, 4) is 22.4 Å². The summed E-state index contributed by atoms with van der Waals surface area (Å²) in [5, 5.41) is 9.89. The number of aromatic amines is 2. The van der Waals surface area contributed by atoms with Crippen LogP contribution in [0.25, 0.3) is 44.1 Å². The van der Waals surface area contributed by atoms with E-state index in [1.54, 1.807) is 0 Å². The molecule has 3 aromatic carbocycles. The van der Waals surface area contributed by atoms with E-state index in [2.05, 4.69) is 62.0 Å². The molecule has 2 aliphatic heterocycles. The lowest BCUT2D eigenvalue weighted by Gasteiger charge is -2.11. The first-order chi connectivity index (χ1) is 17.7. The van der Waals surface area contributed by atoms with E-state index in [0.717, 1.165) is 71.9 Å². The Morgan fingerprint density at radius 2 is 1.39 bits per heavy atom. The van der Waals surface area contributed by atoms with Crippen molar-refractivity contribution in [3.05, 3.63) is 82.8 Å². The van der Waals surface area contributed by atoms with Crippen LogP contribution in [0.15, 0.2) is 65.6 Å². The Bertz CT molecular complexity index is 1640. The van der Waals surface area contributed by atoms with E-state index in [-0.39, 0.29) is 11.6 Å². The van der Waals surface area contributed by atoms with Gasteiger partial charge >= 0.3 is 0 Å². The van der Waals surface area contributed by atoms with Crippen molar-refractivity contribution in [1.82, 2.24) is 30.6 Å².